The molecule has 0 saturated heterocycles. The molecule has 59 heavy (non-hydrogen) atoms. The second kappa shape index (κ2) is 15.8. The smallest absolute Gasteiger partial charge is 0.323 e. The first kappa shape index (κ1) is 41.4. The zero-order chi connectivity index (χ0) is 42.3. The Morgan fingerprint density at radius 2 is 1.27 bits per heavy atom. The molecule has 4 aromatic heterocycles. The van der Waals surface area contributed by atoms with Gasteiger partial charge < -0.3 is 10.2 Å². The van der Waals surface area contributed by atoms with E-state index in [0.29, 0.717) is 22.7 Å². The Labute approximate surface area is 343 Å². The summed E-state index contributed by atoms with van der Waals surface area (Å²) in [6.07, 6.45) is 4.28. The van der Waals surface area contributed by atoms with Crippen molar-refractivity contribution in [3.05, 3.63) is 125 Å². The molecular weight excluding hydrogens is 789 g/mol. The molecule has 0 spiro atoms. The highest BCUT2D eigenvalue weighted by Gasteiger charge is 2.24. The van der Waals surface area contributed by atoms with E-state index < -0.39 is 36.8 Å². The van der Waals surface area contributed by atoms with Crippen LogP contribution in [0.25, 0.3) is 33.5 Å². The van der Waals surface area contributed by atoms with E-state index in [1.54, 1.807) is 84.5 Å². The normalized spacial score (nSPS) is 13.9. The fourth-order valence-corrected chi connectivity index (χ4v) is 9.73. The highest BCUT2D eigenvalue weighted by atomic mass is 32.2. The van der Waals surface area contributed by atoms with Gasteiger partial charge in [0.1, 0.15) is 0 Å². The standard InChI is InChI=1S/C26H30N6O2S.C16H18N4O3S/c1-26(2,3)30-35(33,34)23-7-5-6-19(15-23)24-11-10-22-16-27-25(29-32(22)24)28-21-9-8-18-12-13-31(4)17-20(18)14-21;1-16(2,3)19-24(22,23)13-6-4-5-11(9-13)14-8-7-12-10-17-15(21)18-20(12)14/h5-11,14-16,30H,12-13,17H2,1-4H3,(H,28,29);4-10,19H,1-3H3,(H,18,21). The summed E-state index contributed by atoms with van der Waals surface area (Å²) in [6, 6.07) is 27.3. The third-order valence-corrected chi connectivity index (χ3v) is 12.8. The topological polar surface area (TPSA) is 188 Å². The van der Waals surface area contributed by atoms with Crippen LogP contribution in [0.2, 0.25) is 0 Å². The van der Waals surface area contributed by atoms with Gasteiger partial charge in [0.25, 0.3) is 0 Å². The van der Waals surface area contributed by atoms with E-state index in [4.69, 9.17) is 5.10 Å². The number of nitrogens with zero attached hydrogens (tertiary/aromatic N) is 6. The van der Waals surface area contributed by atoms with E-state index in [1.165, 1.54) is 23.4 Å². The summed E-state index contributed by atoms with van der Waals surface area (Å²) < 4.78 is 59.4. The fourth-order valence-electron chi connectivity index (χ4n) is 6.80. The number of likely N-dealkylation sites (N-methyl/N-ethyl adjacent to an activating group) is 1. The van der Waals surface area contributed by atoms with Crippen molar-refractivity contribution in [1.82, 2.24) is 43.5 Å². The molecule has 0 atom stereocenters. The van der Waals surface area contributed by atoms with Crippen LogP contribution >= 0.6 is 0 Å². The number of nitrogens with one attached hydrogen (secondary N) is 4. The van der Waals surface area contributed by atoms with Crippen LogP contribution in [0.3, 0.4) is 0 Å². The average molecular weight is 837 g/mol. The van der Waals surface area contributed by atoms with Gasteiger partial charge in [0.15, 0.2) is 0 Å². The Morgan fingerprint density at radius 1 is 0.678 bits per heavy atom. The summed E-state index contributed by atoms with van der Waals surface area (Å²) in [4.78, 5) is 22.3. The number of hydrogen-bond acceptors (Lipinski definition) is 10. The second-order valence-corrected chi connectivity index (χ2v) is 20.0. The van der Waals surface area contributed by atoms with E-state index in [9.17, 15) is 21.6 Å². The molecule has 8 rings (SSSR count). The Balaban J connectivity index is 0.000000192. The van der Waals surface area contributed by atoms with Crippen molar-refractivity contribution in [2.75, 3.05) is 18.9 Å². The van der Waals surface area contributed by atoms with E-state index in [-0.39, 0.29) is 9.79 Å². The summed E-state index contributed by atoms with van der Waals surface area (Å²) in [6.45, 7) is 12.8. The number of aromatic amines is 1. The molecule has 1 aliphatic heterocycles. The Hall–Kier alpha value is -5.72. The van der Waals surface area contributed by atoms with Crippen LogP contribution in [0, 0.1) is 0 Å². The molecule has 0 amide bonds. The van der Waals surface area contributed by atoms with Gasteiger partial charge in [0.2, 0.25) is 26.0 Å². The number of H-pyrrole nitrogens is 1. The number of rotatable bonds is 8. The number of sulfonamides is 2. The molecule has 0 aliphatic carbocycles. The molecule has 0 bridgehead atoms. The van der Waals surface area contributed by atoms with Gasteiger partial charge >= 0.3 is 5.69 Å². The first-order valence-corrected chi connectivity index (χ1v) is 22.0. The first-order chi connectivity index (χ1) is 27.7. The van der Waals surface area contributed by atoms with Gasteiger partial charge in [-0.1, -0.05) is 30.3 Å². The summed E-state index contributed by atoms with van der Waals surface area (Å²) in [5.74, 6) is 0.470. The fraction of sp³-hybridized carbons (Fsp3) is 0.286. The lowest BCUT2D eigenvalue weighted by Crippen LogP contribution is -2.40. The largest absolute Gasteiger partial charge is 0.360 e. The maximum absolute atomic E-state index is 12.9. The van der Waals surface area contributed by atoms with Gasteiger partial charge in [-0.2, -0.15) is 4.98 Å². The monoisotopic (exact) mass is 836 g/mol. The van der Waals surface area contributed by atoms with E-state index in [0.717, 1.165) is 42.0 Å². The Kier molecular flexibility index (Phi) is 11.1. The first-order valence-electron chi connectivity index (χ1n) is 19.0. The van der Waals surface area contributed by atoms with Crippen LogP contribution in [0.15, 0.2) is 118 Å². The molecule has 3 aromatic carbocycles. The molecule has 17 heteroatoms. The quantitative estimate of drug-likeness (QED) is 0.142. The van der Waals surface area contributed by atoms with Crippen LogP contribution in [0.4, 0.5) is 11.6 Å². The minimum Gasteiger partial charge on any atom is -0.323 e. The Morgan fingerprint density at radius 3 is 1.92 bits per heavy atom. The molecule has 15 nitrogen and oxygen atoms in total. The van der Waals surface area contributed by atoms with Crippen molar-refractivity contribution in [1.29, 1.82) is 0 Å². The molecule has 0 fully saturated rings. The molecule has 7 aromatic rings. The average Bonchev–Trinajstić information content (AvgIpc) is 3.77. The predicted octanol–water partition coefficient (Wildman–Crippen LogP) is 5.97. The number of aromatic nitrogens is 6. The molecule has 308 valence electrons. The molecular formula is C42H48N10O5S2. The van der Waals surface area contributed by atoms with E-state index >= 15 is 0 Å². The zero-order valence-electron chi connectivity index (χ0n) is 34.0. The van der Waals surface area contributed by atoms with Crippen LogP contribution in [-0.2, 0) is 33.0 Å². The van der Waals surface area contributed by atoms with Gasteiger partial charge in [-0.3, -0.25) is 4.52 Å². The van der Waals surface area contributed by atoms with Crippen molar-refractivity contribution in [3.63, 3.8) is 0 Å². The third kappa shape index (κ3) is 9.77. The van der Waals surface area contributed by atoms with Crippen LogP contribution in [0.1, 0.15) is 52.7 Å². The molecule has 1 aliphatic rings. The van der Waals surface area contributed by atoms with E-state index in [2.05, 4.69) is 60.0 Å². The summed E-state index contributed by atoms with van der Waals surface area (Å²) >= 11 is 0. The van der Waals surface area contributed by atoms with Crippen molar-refractivity contribution in [3.8, 4) is 22.5 Å². The highest BCUT2D eigenvalue weighted by molar-refractivity contribution is 7.89. The molecule has 0 radical (unpaired) electrons. The maximum Gasteiger partial charge on any atom is 0.360 e. The molecule has 5 heterocycles. The summed E-state index contributed by atoms with van der Waals surface area (Å²) in [5.41, 5.74) is 6.43. The summed E-state index contributed by atoms with van der Waals surface area (Å²) in [5, 5.41) is 10.6. The third-order valence-electron chi connectivity index (χ3n) is 9.26. The lowest BCUT2D eigenvalue weighted by Gasteiger charge is -2.25. The van der Waals surface area contributed by atoms with Crippen LogP contribution in [0.5, 0.6) is 0 Å². The van der Waals surface area contributed by atoms with Crippen molar-refractivity contribution >= 4 is 42.7 Å². The van der Waals surface area contributed by atoms with Crippen molar-refractivity contribution in [2.24, 2.45) is 0 Å². The van der Waals surface area contributed by atoms with Crippen LogP contribution < -0.4 is 20.5 Å². The molecule has 0 unspecified atom stereocenters. The van der Waals surface area contributed by atoms with Gasteiger partial charge in [0, 0.05) is 41.0 Å². The second-order valence-electron chi connectivity index (χ2n) is 16.7. The number of benzene rings is 3. The summed E-state index contributed by atoms with van der Waals surface area (Å²) in [7, 11) is -5.16. The maximum atomic E-state index is 12.9. The minimum absolute atomic E-state index is 0.168. The number of fused-ring (bicyclic) bond motifs is 3. The van der Waals surface area contributed by atoms with Gasteiger partial charge in [-0.15, -0.1) is 5.10 Å². The lowest BCUT2D eigenvalue weighted by molar-refractivity contribution is 0.313. The number of hydrogen-bond donors (Lipinski definition) is 4. The Bertz CT molecular complexity index is 2960. The highest BCUT2D eigenvalue weighted by Crippen LogP contribution is 2.28. The number of anilines is 2. The van der Waals surface area contributed by atoms with Crippen molar-refractivity contribution in [2.45, 2.75) is 75.4 Å². The van der Waals surface area contributed by atoms with Crippen molar-refractivity contribution < 1.29 is 16.8 Å². The van der Waals surface area contributed by atoms with Gasteiger partial charge in [-0.25, -0.2) is 45.7 Å². The van der Waals surface area contributed by atoms with E-state index in [1.807, 2.05) is 39.0 Å². The molecule has 4 N–H and O–H groups in total. The van der Waals surface area contributed by atoms with Gasteiger partial charge in [0.05, 0.1) is 44.6 Å². The zero-order valence-corrected chi connectivity index (χ0v) is 35.6. The van der Waals surface area contributed by atoms with Gasteiger partial charge in [-0.05, 0) is 127 Å². The molecule has 0 saturated carbocycles. The SMILES string of the molecule is CC(C)(C)NS(=O)(=O)c1cccc(-c2ccc3cnc(=O)[nH]n23)c1.CN1CCc2ccc(Nc3ncc4ccc(-c5cccc(S(=O)(=O)NC(C)(C)C)c5)n4n3)cc2C1. The lowest BCUT2D eigenvalue weighted by atomic mass is 9.99. The van der Waals surface area contributed by atoms with Crippen LogP contribution in [-0.4, -0.2) is 75.6 Å². The predicted molar refractivity (Wildman–Crippen MR) is 230 cm³/mol. The minimum atomic E-state index is -3.65.